The number of hydrogen-bond donors (Lipinski definition) is 2. The van der Waals surface area contributed by atoms with E-state index in [4.69, 9.17) is 5.73 Å². The highest BCUT2D eigenvalue weighted by molar-refractivity contribution is 5.75. The van der Waals surface area contributed by atoms with Crippen molar-refractivity contribution in [3.05, 3.63) is 12.3 Å². The lowest BCUT2D eigenvalue weighted by molar-refractivity contribution is -0.121. The fourth-order valence-corrected chi connectivity index (χ4v) is 2.73. The number of nitrogens with zero attached hydrogens (tertiary/aromatic N) is 2. The van der Waals surface area contributed by atoms with Crippen molar-refractivity contribution in [3.8, 4) is 0 Å². The molecule has 1 aromatic heterocycles. The van der Waals surface area contributed by atoms with Crippen LogP contribution in [-0.2, 0) is 11.3 Å². The van der Waals surface area contributed by atoms with E-state index in [2.05, 4.69) is 38.1 Å². The van der Waals surface area contributed by atoms with Crippen LogP contribution in [0.25, 0.3) is 0 Å². The maximum absolute atomic E-state index is 11.8. The van der Waals surface area contributed by atoms with Gasteiger partial charge in [-0.15, -0.1) is 0 Å². The van der Waals surface area contributed by atoms with Crippen molar-refractivity contribution in [2.45, 2.75) is 34.2 Å². The molecule has 18 heavy (non-hydrogen) atoms. The van der Waals surface area contributed by atoms with E-state index in [1.165, 1.54) is 0 Å². The van der Waals surface area contributed by atoms with Gasteiger partial charge in [0.15, 0.2) is 0 Å². The first-order valence-corrected chi connectivity index (χ1v) is 6.31. The molecular formula is C13H22N4O. The molecule has 0 saturated heterocycles. The normalized spacial score (nSPS) is 20.7. The highest BCUT2D eigenvalue weighted by atomic mass is 16.2. The smallest absolute Gasteiger partial charge is 0.241 e. The third kappa shape index (κ3) is 2.09. The molecule has 1 heterocycles. The van der Waals surface area contributed by atoms with Crippen LogP contribution in [0.15, 0.2) is 12.3 Å². The fraction of sp³-hybridized carbons (Fsp3) is 0.692. The van der Waals surface area contributed by atoms with Crippen molar-refractivity contribution < 1.29 is 4.79 Å². The molecule has 0 unspecified atom stereocenters. The summed E-state index contributed by atoms with van der Waals surface area (Å²) < 4.78 is 1.55. The number of rotatable bonds is 4. The van der Waals surface area contributed by atoms with Crippen LogP contribution in [-0.4, -0.2) is 22.2 Å². The Morgan fingerprint density at radius 1 is 1.44 bits per heavy atom. The maximum Gasteiger partial charge on any atom is 0.241 e. The zero-order valence-corrected chi connectivity index (χ0v) is 11.5. The average molecular weight is 250 g/mol. The van der Waals surface area contributed by atoms with E-state index in [-0.39, 0.29) is 12.5 Å². The number of anilines is 1. The van der Waals surface area contributed by atoms with Gasteiger partial charge in [-0.05, 0) is 22.8 Å². The summed E-state index contributed by atoms with van der Waals surface area (Å²) in [5, 5.41) is 6.96. The lowest BCUT2D eigenvalue weighted by Crippen LogP contribution is -2.30. The second-order valence-electron chi connectivity index (χ2n) is 6.24. The molecule has 1 aromatic rings. The minimum absolute atomic E-state index is 0.0170. The van der Waals surface area contributed by atoms with E-state index in [9.17, 15) is 4.79 Å². The highest BCUT2D eigenvalue weighted by Crippen LogP contribution is 2.67. The second kappa shape index (κ2) is 4.00. The molecule has 3 N–H and O–H groups in total. The van der Waals surface area contributed by atoms with Crippen LogP contribution in [0.1, 0.15) is 27.7 Å². The van der Waals surface area contributed by atoms with Crippen molar-refractivity contribution in [1.82, 2.24) is 15.1 Å². The number of carbonyl (C=O) groups is 1. The number of hydrogen-bond acceptors (Lipinski definition) is 3. The van der Waals surface area contributed by atoms with Gasteiger partial charge < -0.3 is 11.1 Å². The van der Waals surface area contributed by atoms with E-state index in [1.807, 2.05) is 0 Å². The van der Waals surface area contributed by atoms with E-state index >= 15 is 0 Å². The van der Waals surface area contributed by atoms with Gasteiger partial charge in [-0.2, -0.15) is 5.10 Å². The molecule has 0 bridgehead atoms. The summed E-state index contributed by atoms with van der Waals surface area (Å²) >= 11 is 0. The standard InChI is InChI=1S/C13H22N4O/c1-12(2)9(13(12,3)4)7-15-11(18)8-17-6-5-10(14)16-17/h5-6,9H,7-8H2,1-4H3,(H2,14,16)(H,15,18). The van der Waals surface area contributed by atoms with Crippen molar-refractivity contribution in [2.24, 2.45) is 16.7 Å². The minimum Gasteiger partial charge on any atom is -0.382 e. The summed E-state index contributed by atoms with van der Waals surface area (Å²) in [4.78, 5) is 11.8. The molecule has 1 amide bonds. The summed E-state index contributed by atoms with van der Waals surface area (Å²) in [5.74, 6) is 0.959. The molecule has 1 saturated carbocycles. The van der Waals surface area contributed by atoms with Gasteiger partial charge in [0.1, 0.15) is 12.4 Å². The molecule has 5 heteroatoms. The van der Waals surface area contributed by atoms with Crippen molar-refractivity contribution in [3.63, 3.8) is 0 Å². The van der Waals surface area contributed by atoms with E-state index < -0.39 is 0 Å². The number of carbonyl (C=O) groups excluding carboxylic acids is 1. The molecule has 0 atom stereocenters. The van der Waals surface area contributed by atoms with Gasteiger partial charge >= 0.3 is 0 Å². The zero-order chi connectivity index (χ0) is 13.6. The number of nitrogens with one attached hydrogen (secondary N) is 1. The van der Waals surface area contributed by atoms with Gasteiger partial charge in [0.2, 0.25) is 5.91 Å². The summed E-state index contributed by atoms with van der Waals surface area (Å²) in [6, 6.07) is 1.68. The van der Waals surface area contributed by atoms with Gasteiger partial charge in [-0.3, -0.25) is 9.48 Å². The van der Waals surface area contributed by atoms with Crippen LogP contribution >= 0.6 is 0 Å². The molecule has 0 aromatic carbocycles. The number of amides is 1. The second-order valence-corrected chi connectivity index (χ2v) is 6.24. The lowest BCUT2D eigenvalue weighted by Gasteiger charge is -2.06. The van der Waals surface area contributed by atoms with Crippen LogP contribution in [0.2, 0.25) is 0 Å². The third-order valence-electron chi connectivity index (χ3n) is 4.79. The summed E-state index contributed by atoms with van der Waals surface area (Å²) in [6.45, 7) is 9.95. The molecule has 0 spiro atoms. The molecule has 0 radical (unpaired) electrons. The predicted molar refractivity (Wildman–Crippen MR) is 70.7 cm³/mol. The van der Waals surface area contributed by atoms with E-state index in [0.717, 1.165) is 6.54 Å². The van der Waals surface area contributed by atoms with Crippen LogP contribution < -0.4 is 11.1 Å². The Morgan fingerprint density at radius 3 is 2.50 bits per heavy atom. The van der Waals surface area contributed by atoms with Crippen LogP contribution in [0.3, 0.4) is 0 Å². The Balaban J connectivity index is 1.80. The summed E-state index contributed by atoms with van der Waals surface area (Å²) in [5.41, 5.74) is 6.10. The maximum atomic E-state index is 11.8. The van der Waals surface area contributed by atoms with Gasteiger partial charge in [0.25, 0.3) is 0 Å². The largest absolute Gasteiger partial charge is 0.382 e. The SMILES string of the molecule is CC1(C)C(CNC(=O)Cn2ccc(N)n2)C1(C)C. The van der Waals surface area contributed by atoms with Gasteiger partial charge in [0, 0.05) is 12.7 Å². The monoisotopic (exact) mass is 250 g/mol. The fourth-order valence-electron chi connectivity index (χ4n) is 2.73. The topological polar surface area (TPSA) is 72.9 Å². The molecule has 2 rings (SSSR count). The first-order valence-electron chi connectivity index (χ1n) is 6.31. The molecule has 1 fully saturated rings. The molecule has 1 aliphatic carbocycles. The predicted octanol–water partition coefficient (Wildman–Crippen LogP) is 1.26. The van der Waals surface area contributed by atoms with Crippen molar-refractivity contribution in [1.29, 1.82) is 0 Å². The minimum atomic E-state index is -0.0170. The molecule has 0 aliphatic heterocycles. The van der Waals surface area contributed by atoms with Crippen LogP contribution in [0, 0.1) is 16.7 Å². The van der Waals surface area contributed by atoms with Gasteiger partial charge in [-0.1, -0.05) is 27.7 Å². The Kier molecular flexibility index (Phi) is 2.87. The summed E-state index contributed by atoms with van der Waals surface area (Å²) in [6.07, 6.45) is 1.71. The molecule has 100 valence electrons. The Labute approximate surface area is 108 Å². The molecule has 5 nitrogen and oxygen atoms in total. The average Bonchev–Trinajstić information content (AvgIpc) is 2.57. The number of nitrogens with two attached hydrogens (primary N) is 1. The van der Waals surface area contributed by atoms with E-state index in [1.54, 1.807) is 16.9 Å². The van der Waals surface area contributed by atoms with E-state index in [0.29, 0.717) is 22.6 Å². The number of nitrogen functional groups attached to an aromatic ring is 1. The first-order chi connectivity index (χ1) is 8.25. The van der Waals surface area contributed by atoms with Crippen LogP contribution in [0.5, 0.6) is 0 Å². The first kappa shape index (κ1) is 12.9. The Morgan fingerprint density at radius 2 is 2.06 bits per heavy atom. The van der Waals surface area contributed by atoms with Gasteiger partial charge in [-0.25, -0.2) is 0 Å². The Bertz CT molecular complexity index is 447. The molecular weight excluding hydrogens is 228 g/mol. The zero-order valence-electron chi connectivity index (χ0n) is 11.5. The Hall–Kier alpha value is -1.52. The summed E-state index contributed by atoms with van der Waals surface area (Å²) in [7, 11) is 0. The highest BCUT2D eigenvalue weighted by Gasteiger charge is 2.64. The quantitative estimate of drug-likeness (QED) is 0.845. The van der Waals surface area contributed by atoms with Gasteiger partial charge in [0.05, 0.1) is 0 Å². The van der Waals surface area contributed by atoms with Crippen molar-refractivity contribution in [2.75, 3.05) is 12.3 Å². The van der Waals surface area contributed by atoms with Crippen molar-refractivity contribution >= 4 is 11.7 Å². The van der Waals surface area contributed by atoms with Crippen LogP contribution in [0.4, 0.5) is 5.82 Å². The number of aromatic nitrogens is 2. The molecule has 1 aliphatic rings. The third-order valence-corrected chi connectivity index (χ3v) is 4.79. The lowest BCUT2D eigenvalue weighted by atomic mass is 10.0.